The van der Waals surface area contributed by atoms with Gasteiger partial charge in [0.2, 0.25) is 0 Å². The summed E-state index contributed by atoms with van der Waals surface area (Å²) in [6, 6.07) is 12.9. The highest BCUT2D eigenvalue weighted by Crippen LogP contribution is 2.30. The van der Waals surface area contributed by atoms with E-state index >= 15 is 0 Å². The molecule has 1 aromatic carbocycles. The van der Waals surface area contributed by atoms with Gasteiger partial charge in [0.25, 0.3) is 0 Å². The molecule has 19 heavy (non-hydrogen) atoms. The summed E-state index contributed by atoms with van der Waals surface area (Å²) in [7, 11) is 1.74. The lowest BCUT2D eigenvalue weighted by atomic mass is 10.2. The van der Waals surface area contributed by atoms with Crippen LogP contribution in [0, 0.1) is 10.1 Å². The molecular formula is C13H13N3O2S. The summed E-state index contributed by atoms with van der Waals surface area (Å²) in [5, 5.41) is 14.3. The number of nitrogens with one attached hydrogen (secondary N) is 1. The molecule has 0 saturated carbocycles. The van der Waals surface area contributed by atoms with Crippen LogP contribution < -0.4 is 5.32 Å². The molecule has 0 unspecified atom stereocenters. The Balaban J connectivity index is 2.20. The third kappa shape index (κ3) is 3.45. The Bertz CT molecular complexity index is 575. The van der Waals surface area contributed by atoms with Gasteiger partial charge in [0.05, 0.1) is 4.92 Å². The van der Waals surface area contributed by atoms with Crippen molar-refractivity contribution in [2.24, 2.45) is 0 Å². The fraction of sp³-hybridized carbons (Fsp3) is 0.154. The van der Waals surface area contributed by atoms with E-state index < -0.39 is 4.92 Å². The lowest BCUT2D eigenvalue weighted by Crippen LogP contribution is -1.98. The van der Waals surface area contributed by atoms with Crippen LogP contribution in [0.15, 0.2) is 47.5 Å². The highest BCUT2D eigenvalue weighted by molar-refractivity contribution is 7.98. The van der Waals surface area contributed by atoms with Gasteiger partial charge in [0.15, 0.2) is 5.03 Å². The number of nitrogens with zero attached hydrogens (tertiary/aromatic N) is 2. The first-order valence-electron chi connectivity index (χ1n) is 5.70. The normalized spacial score (nSPS) is 10.2. The average Bonchev–Trinajstić information content (AvgIpc) is 2.45. The van der Waals surface area contributed by atoms with Crippen molar-refractivity contribution in [3.05, 3.63) is 58.1 Å². The van der Waals surface area contributed by atoms with Crippen molar-refractivity contribution >= 4 is 23.3 Å². The quantitative estimate of drug-likeness (QED) is 0.515. The molecule has 0 aliphatic rings. The number of rotatable bonds is 5. The van der Waals surface area contributed by atoms with Crippen molar-refractivity contribution in [2.45, 2.75) is 10.8 Å². The first kappa shape index (κ1) is 13.4. The summed E-state index contributed by atoms with van der Waals surface area (Å²) < 4.78 is 0. The maximum Gasteiger partial charge on any atom is 0.301 e. The summed E-state index contributed by atoms with van der Waals surface area (Å²) in [6.45, 7) is 0. The van der Waals surface area contributed by atoms with Gasteiger partial charge in [-0.1, -0.05) is 42.1 Å². The van der Waals surface area contributed by atoms with Crippen LogP contribution in [-0.4, -0.2) is 17.0 Å². The monoisotopic (exact) mass is 275 g/mol. The van der Waals surface area contributed by atoms with E-state index in [0.717, 1.165) is 5.56 Å². The molecule has 5 nitrogen and oxygen atoms in total. The van der Waals surface area contributed by atoms with Crippen LogP contribution >= 0.6 is 11.8 Å². The predicted molar refractivity (Wildman–Crippen MR) is 76.4 cm³/mol. The molecule has 0 spiro atoms. The van der Waals surface area contributed by atoms with Gasteiger partial charge in [0.1, 0.15) is 5.82 Å². The zero-order chi connectivity index (χ0) is 13.7. The van der Waals surface area contributed by atoms with Gasteiger partial charge in [0, 0.05) is 18.9 Å². The van der Waals surface area contributed by atoms with E-state index in [-0.39, 0.29) is 5.69 Å². The van der Waals surface area contributed by atoms with Gasteiger partial charge in [-0.05, 0) is 11.6 Å². The molecule has 2 rings (SSSR count). The third-order valence-electron chi connectivity index (χ3n) is 2.51. The molecule has 1 aromatic heterocycles. The second-order valence-corrected chi connectivity index (χ2v) is 4.77. The lowest BCUT2D eigenvalue weighted by molar-refractivity contribution is -0.388. The van der Waals surface area contributed by atoms with Gasteiger partial charge < -0.3 is 5.32 Å². The molecule has 0 radical (unpaired) electrons. The van der Waals surface area contributed by atoms with Crippen LogP contribution in [0.4, 0.5) is 11.5 Å². The number of hydrogen-bond acceptors (Lipinski definition) is 5. The highest BCUT2D eigenvalue weighted by atomic mass is 32.2. The lowest BCUT2D eigenvalue weighted by Gasteiger charge is -2.05. The molecular weight excluding hydrogens is 262 g/mol. The SMILES string of the molecule is CNc1ccc([N+](=O)[O-])c(SCc2ccccc2)n1. The standard InChI is InChI=1S/C13H13N3O2S/c1-14-12-8-7-11(16(17)18)13(15-12)19-9-10-5-3-2-4-6-10/h2-8H,9H2,1H3,(H,14,15). The first-order valence-corrected chi connectivity index (χ1v) is 6.69. The van der Waals surface area contributed by atoms with Gasteiger partial charge in [-0.15, -0.1) is 0 Å². The molecule has 1 N–H and O–H groups in total. The Hall–Kier alpha value is -2.08. The smallest absolute Gasteiger partial charge is 0.301 e. The van der Waals surface area contributed by atoms with E-state index in [0.29, 0.717) is 16.6 Å². The Labute approximate surface area is 115 Å². The highest BCUT2D eigenvalue weighted by Gasteiger charge is 2.16. The summed E-state index contributed by atoms with van der Waals surface area (Å²) in [4.78, 5) is 14.8. The van der Waals surface area contributed by atoms with Crippen molar-refractivity contribution in [1.82, 2.24) is 4.98 Å². The number of hydrogen-bond donors (Lipinski definition) is 1. The van der Waals surface area contributed by atoms with Crippen molar-refractivity contribution in [3.8, 4) is 0 Å². The van der Waals surface area contributed by atoms with Crippen molar-refractivity contribution in [2.75, 3.05) is 12.4 Å². The Kier molecular flexibility index (Phi) is 4.35. The molecule has 0 aliphatic carbocycles. The van der Waals surface area contributed by atoms with Crippen molar-refractivity contribution in [1.29, 1.82) is 0 Å². The zero-order valence-corrected chi connectivity index (χ0v) is 11.2. The molecule has 6 heteroatoms. The molecule has 1 heterocycles. The zero-order valence-electron chi connectivity index (χ0n) is 10.4. The van der Waals surface area contributed by atoms with Gasteiger partial charge in [-0.2, -0.15) is 0 Å². The van der Waals surface area contributed by atoms with E-state index in [4.69, 9.17) is 0 Å². The first-order chi connectivity index (χ1) is 9.20. The van der Waals surface area contributed by atoms with Crippen LogP contribution in [0.1, 0.15) is 5.56 Å². The Morgan fingerprint density at radius 3 is 2.63 bits per heavy atom. The van der Waals surface area contributed by atoms with Crippen molar-refractivity contribution in [3.63, 3.8) is 0 Å². The maximum atomic E-state index is 11.0. The number of anilines is 1. The minimum absolute atomic E-state index is 0.0416. The molecule has 0 atom stereocenters. The molecule has 0 aliphatic heterocycles. The Morgan fingerprint density at radius 1 is 1.26 bits per heavy atom. The second-order valence-electron chi connectivity index (χ2n) is 3.80. The fourth-order valence-electron chi connectivity index (χ4n) is 1.54. The number of thioether (sulfide) groups is 1. The van der Waals surface area contributed by atoms with Crippen LogP contribution in [-0.2, 0) is 5.75 Å². The molecule has 2 aromatic rings. The summed E-state index contributed by atoms with van der Waals surface area (Å²) >= 11 is 1.37. The molecule has 0 amide bonds. The average molecular weight is 275 g/mol. The van der Waals surface area contributed by atoms with Gasteiger partial charge in [-0.3, -0.25) is 10.1 Å². The second kappa shape index (κ2) is 6.19. The third-order valence-corrected chi connectivity index (χ3v) is 3.56. The summed E-state index contributed by atoms with van der Waals surface area (Å²) in [5.41, 5.74) is 1.15. The fourth-order valence-corrected chi connectivity index (χ4v) is 2.49. The summed E-state index contributed by atoms with van der Waals surface area (Å²) in [5.74, 6) is 1.28. The van der Waals surface area contributed by atoms with Crippen LogP contribution in [0.2, 0.25) is 0 Å². The van der Waals surface area contributed by atoms with E-state index in [9.17, 15) is 10.1 Å². The van der Waals surface area contributed by atoms with Crippen LogP contribution in [0.3, 0.4) is 0 Å². The topological polar surface area (TPSA) is 68.1 Å². The maximum absolute atomic E-state index is 11.0. The van der Waals surface area contributed by atoms with Gasteiger partial charge in [-0.25, -0.2) is 4.98 Å². The number of pyridine rings is 1. The van der Waals surface area contributed by atoms with Crippen molar-refractivity contribution < 1.29 is 4.92 Å². The van der Waals surface area contributed by atoms with Gasteiger partial charge >= 0.3 is 5.69 Å². The number of aromatic nitrogens is 1. The van der Waals surface area contributed by atoms with E-state index in [1.807, 2.05) is 30.3 Å². The molecule has 0 fully saturated rings. The van der Waals surface area contributed by atoms with E-state index in [1.165, 1.54) is 17.8 Å². The summed E-state index contributed by atoms with van der Waals surface area (Å²) in [6.07, 6.45) is 0. The number of nitro groups is 1. The molecule has 0 saturated heterocycles. The minimum Gasteiger partial charge on any atom is -0.373 e. The Morgan fingerprint density at radius 2 is 2.00 bits per heavy atom. The predicted octanol–water partition coefficient (Wildman–Crippen LogP) is 3.32. The van der Waals surface area contributed by atoms with E-state index in [1.54, 1.807) is 13.1 Å². The number of benzene rings is 1. The van der Waals surface area contributed by atoms with Crippen LogP contribution in [0.5, 0.6) is 0 Å². The van der Waals surface area contributed by atoms with Crippen LogP contribution in [0.25, 0.3) is 0 Å². The molecule has 0 bridgehead atoms. The largest absolute Gasteiger partial charge is 0.373 e. The van der Waals surface area contributed by atoms with E-state index in [2.05, 4.69) is 10.3 Å². The minimum atomic E-state index is -0.403. The molecule has 98 valence electrons.